The van der Waals surface area contributed by atoms with Gasteiger partial charge in [-0.3, -0.25) is 0 Å². The first-order chi connectivity index (χ1) is 7.01. The van der Waals surface area contributed by atoms with Crippen molar-refractivity contribution < 1.29 is 13.9 Å². The molecule has 86 valence electrons. The Labute approximate surface area is 92.3 Å². The van der Waals surface area contributed by atoms with Gasteiger partial charge in [0, 0.05) is 12.8 Å². The first kappa shape index (κ1) is 12.7. The molecule has 1 aliphatic rings. The highest BCUT2D eigenvalue weighted by Crippen LogP contribution is 2.16. The summed E-state index contributed by atoms with van der Waals surface area (Å²) < 4.78 is 16.8. The molecule has 1 heterocycles. The highest BCUT2D eigenvalue weighted by Gasteiger charge is 2.27. The standard InChI is InChI=1S/C10H19NO3Si/c1-15(2,3)14-9-7-12-10(13-8-9)5-4-6-11/h9-10H,4-5,7-8H2,1-3H3. The second-order valence-electron chi connectivity index (χ2n) is 4.65. The zero-order valence-corrected chi connectivity index (χ0v) is 10.7. The minimum Gasteiger partial charge on any atom is -0.410 e. The summed E-state index contributed by atoms with van der Waals surface area (Å²) in [5.74, 6) is 0. The molecule has 0 amide bonds. The number of nitrogens with zero attached hydrogens (tertiary/aromatic N) is 1. The van der Waals surface area contributed by atoms with E-state index in [0.29, 0.717) is 26.1 Å². The monoisotopic (exact) mass is 229 g/mol. The van der Waals surface area contributed by atoms with Gasteiger partial charge in [-0.05, 0) is 19.6 Å². The fourth-order valence-corrected chi connectivity index (χ4v) is 2.58. The second-order valence-corrected chi connectivity index (χ2v) is 9.11. The molecule has 1 saturated heterocycles. The largest absolute Gasteiger partial charge is 0.410 e. The quantitative estimate of drug-likeness (QED) is 0.691. The number of nitriles is 1. The molecule has 15 heavy (non-hydrogen) atoms. The van der Waals surface area contributed by atoms with Crippen molar-refractivity contribution in [2.75, 3.05) is 13.2 Å². The molecular formula is C10H19NO3Si. The van der Waals surface area contributed by atoms with Crippen LogP contribution >= 0.6 is 0 Å². The van der Waals surface area contributed by atoms with Gasteiger partial charge in [0.2, 0.25) is 0 Å². The van der Waals surface area contributed by atoms with Crippen molar-refractivity contribution in [2.24, 2.45) is 0 Å². The number of hydrogen-bond acceptors (Lipinski definition) is 4. The van der Waals surface area contributed by atoms with Crippen LogP contribution in [-0.2, 0) is 13.9 Å². The minimum absolute atomic E-state index is 0.0648. The molecule has 0 radical (unpaired) electrons. The first-order valence-corrected chi connectivity index (χ1v) is 8.70. The van der Waals surface area contributed by atoms with E-state index in [2.05, 4.69) is 25.7 Å². The van der Waals surface area contributed by atoms with E-state index in [1.165, 1.54) is 0 Å². The van der Waals surface area contributed by atoms with Gasteiger partial charge < -0.3 is 13.9 Å². The molecule has 0 aliphatic carbocycles. The van der Waals surface area contributed by atoms with Crippen LogP contribution in [0.15, 0.2) is 0 Å². The van der Waals surface area contributed by atoms with E-state index < -0.39 is 8.32 Å². The predicted octanol–water partition coefficient (Wildman–Crippen LogP) is 1.88. The Hall–Kier alpha value is -0.413. The Bertz CT molecular complexity index is 226. The van der Waals surface area contributed by atoms with Crippen molar-refractivity contribution in [3.8, 4) is 6.07 Å². The van der Waals surface area contributed by atoms with Gasteiger partial charge in [-0.15, -0.1) is 0 Å². The zero-order valence-electron chi connectivity index (χ0n) is 9.66. The van der Waals surface area contributed by atoms with Gasteiger partial charge in [0.15, 0.2) is 14.6 Å². The molecule has 0 aromatic rings. The summed E-state index contributed by atoms with van der Waals surface area (Å²) >= 11 is 0. The van der Waals surface area contributed by atoms with Gasteiger partial charge in [0.05, 0.1) is 25.4 Å². The van der Waals surface area contributed by atoms with Crippen LogP contribution in [0.4, 0.5) is 0 Å². The lowest BCUT2D eigenvalue weighted by molar-refractivity contribution is -0.214. The van der Waals surface area contributed by atoms with Crippen LogP contribution in [0.25, 0.3) is 0 Å². The molecule has 1 fully saturated rings. The van der Waals surface area contributed by atoms with Crippen LogP contribution in [0.2, 0.25) is 19.6 Å². The van der Waals surface area contributed by atoms with Gasteiger partial charge in [-0.25, -0.2) is 0 Å². The Balaban J connectivity index is 2.21. The molecule has 0 saturated carbocycles. The minimum atomic E-state index is -1.50. The molecule has 0 N–H and O–H groups in total. The maximum atomic E-state index is 8.42. The predicted molar refractivity (Wildman–Crippen MR) is 58.8 cm³/mol. The Kier molecular flexibility index (Phi) is 4.73. The molecule has 0 aromatic heterocycles. The third kappa shape index (κ3) is 5.28. The topological polar surface area (TPSA) is 51.5 Å². The average molecular weight is 229 g/mol. The summed E-state index contributed by atoms with van der Waals surface area (Å²) in [5.41, 5.74) is 0. The van der Waals surface area contributed by atoms with E-state index >= 15 is 0 Å². The normalized spacial score (nSPS) is 27.3. The fourth-order valence-electron chi connectivity index (χ4n) is 1.44. The summed E-state index contributed by atoms with van der Waals surface area (Å²) in [6, 6.07) is 2.08. The molecule has 0 bridgehead atoms. The van der Waals surface area contributed by atoms with Crippen LogP contribution in [0.1, 0.15) is 12.8 Å². The van der Waals surface area contributed by atoms with Crippen molar-refractivity contribution in [1.82, 2.24) is 0 Å². The molecule has 4 nitrogen and oxygen atoms in total. The highest BCUT2D eigenvalue weighted by atomic mass is 28.4. The van der Waals surface area contributed by atoms with Crippen LogP contribution in [0, 0.1) is 11.3 Å². The van der Waals surface area contributed by atoms with Crippen LogP contribution < -0.4 is 0 Å². The van der Waals surface area contributed by atoms with E-state index in [1.807, 2.05) is 0 Å². The van der Waals surface area contributed by atoms with E-state index in [0.717, 1.165) is 0 Å². The SMILES string of the molecule is C[Si](C)(C)OC1COC(CCC#N)OC1. The molecular weight excluding hydrogens is 210 g/mol. The van der Waals surface area contributed by atoms with Crippen molar-refractivity contribution in [1.29, 1.82) is 5.26 Å². The lowest BCUT2D eigenvalue weighted by atomic mass is 10.3. The van der Waals surface area contributed by atoms with Crippen molar-refractivity contribution >= 4 is 8.32 Å². The zero-order chi connectivity index (χ0) is 11.3. The van der Waals surface area contributed by atoms with Gasteiger partial charge in [-0.2, -0.15) is 5.26 Å². The van der Waals surface area contributed by atoms with Gasteiger partial charge in [0.1, 0.15) is 0 Å². The van der Waals surface area contributed by atoms with E-state index in [1.54, 1.807) is 0 Å². The highest BCUT2D eigenvalue weighted by molar-refractivity contribution is 6.69. The summed E-state index contributed by atoms with van der Waals surface area (Å²) in [4.78, 5) is 0. The van der Waals surface area contributed by atoms with E-state index in [4.69, 9.17) is 19.2 Å². The summed E-state index contributed by atoms with van der Waals surface area (Å²) in [6.07, 6.45) is 0.974. The molecule has 5 heteroatoms. The Morgan fingerprint density at radius 3 is 2.40 bits per heavy atom. The number of ether oxygens (including phenoxy) is 2. The smallest absolute Gasteiger partial charge is 0.184 e. The Morgan fingerprint density at radius 2 is 1.93 bits per heavy atom. The molecule has 0 unspecified atom stereocenters. The summed E-state index contributed by atoms with van der Waals surface area (Å²) in [6.45, 7) is 7.61. The summed E-state index contributed by atoms with van der Waals surface area (Å²) in [5, 5.41) is 8.42. The van der Waals surface area contributed by atoms with Crippen LogP contribution in [-0.4, -0.2) is 33.9 Å². The molecule has 0 aromatic carbocycles. The van der Waals surface area contributed by atoms with Gasteiger partial charge in [-0.1, -0.05) is 0 Å². The summed E-state index contributed by atoms with van der Waals surface area (Å²) in [7, 11) is -1.50. The van der Waals surface area contributed by atoms with Crippen LogP contribution in [0.3, 0.4) is 0 Å². The molecule has 1 rings (SSSR count). The Morgan fingerprint density at radius 1 is 1.33 bits per heavy atom. The van der Waals surface area contributed by atoms with Crippen molar-refractivity contribution in [3.05, 3.63) is 0 Å². The third-order valence-electron chi connectivity index (χ3n) is 1.95. The lowest BCUT2D eigenvalue weighted by Gasteiger charge is -2.32. The number of hydrogen-bond donors (Lipinski definition) is 0. The lowest BCUT2D eigenvalue weighted by Crippen LogP contribution is -2.43. The van der Waals surface area contributed by atoms with Gasteiger partial charge in [0.25, 0.3) is 0 Å². The average Bonchev–Trinajstić information content (AvgIpc) is 2.14. The third-order valence-corrected chi connectivity index (χ3v) is 2.99. The van der Waals surface area contributed by atoms with E-state index in [-0.39, 0.29) is 12.4 Å². The van der Waals surface area contributed by atoms with Crippen molar-refractivity contribution in [3.63, 3.8) is 0 Å². The van der Waals surface area contributed by atoms with Crippen LogP contribution in [0.5, 0.6) is 0 Å². The maximum absolute atomic E-state index is 8.42. The van der Waals surface area contributed by atoms with Gasteiger partial charge >= 0.3 is 0 Å². The fraction of sp³-hybridized carbons (Fsp3) is 0.900. The first-order valence-electron chi connectivity index (χ1n) is 5.29. The molecule has 0 atom stereocenters. The van der Waals surface area contributed by atoms with Crippen molar-refractivity contribution in [2.45, 2.75) is 44.9 Å². The maximum Gasteiger partial charge on any atom is 0.184 e. The molecule has 0 spiro atoms. The number of rotatable bonds is 4. The molecule has 1 aliphatic heterocycles. The second kappa shape index (κ2) is 5.61. The van der Waals surface area contributed by atoms with E-state index in [9.17, 15) is 0 Å².